The van der Waals surface area contributed by atoms with E-state index in [-0.39, 0.29) is 0 Å². The normalized spacial score (nSPS) is 12.1. The number of anilines is 6. The Morgan fingerprint density at radius 2 is 0.586 bits per heavy atom. The Balaban J connectivity index is 1.26. The van der Waals surface area contributed by atoms with Crippen LogP contribution in [-0.4, -0.2) is 16.1 Å². The fraction of sp³-hybridized carbons (Fsp3) is 0.0909. The van der Waals surface area contributed by atoms with E-state index >= 15 is 0 Å². The minimum atomic E-state index is -1.56. The zero-order valence-electron chi connectivity index (χ0n) is 40.8. The monoisotopic (exact) mass is 932 g/mol. The van der Waals surface area contributed by atoms with Crippen molar-refractivity contribution < 1.29 is 0 Å². The van der Waals surface area contributed by atoms with Gasteiger partial charge in [-0.25, -0.2) is 0 Å². The molecule has 70 heavy (non-hydrogen) atoms. The van der Waals surface area contributed by atoms with Crippen LogP contribution in [0.25, 0.3) is 76.1 Å². The van der Waals surface area contributed by atoms with Crippen molar-refractivity contribution in [3.05, 3.63) is 231 Å². The number of para-hydroxylation sites is 2. The highest BCUT2D eigenvalue weighted by Crippen LogP contribution is 2.53. The Bertz CT molecular complexity index is 3620. The molecule has 0 spiro atoms. The van der Waals surface area contributed by atoms with E-state index in [0.29, 0.717) is 0 Å². The Morgan fingerprint density at radius 3 is 0.971 bits per heavy atom. The molecule has 0 heterocycles. The van der Waals surface area contributed by atoms with Crippen LogP contribution in [0.3, 0.4) is 0 Å². The second kappa shape index (κ2) is 17.0. The highest BCUT2D eigenvalue weighted by molar-refractivity contribution is 6.89. The van der Waals surface area contributed by atoms with Crippen molar-refractivity contribution >= 4 is 115 Å². The Labute approximate surface area is 414 Å². The van der Waals surface area contributed by atoms with Crippen molar-refractivity contribution in [3.8, 4) is 22.3 Å². The van der Waals surface area contributed by atoms with E-state index in [1.165, 1.54) is 86.5 Å². The summed E-state index contributed by atoms with van der Waals surface area (Å²) in [5.74, 6) is 0. The Kier molecular flexibility index (Phi) is 10.6. The van der Waals surface area contributed by atoms with Gasteiger partial charge < -0.3 is 9.80 Å². The molecule has 0 unspecified atom stereocenters. The molecule has 0 aliphatic heterocycles. The van der Waals surface area contributed by atoms with E-state index in [0.717, 1.165) is 34.1 Å². The van der Waals surface area contributed by atoms with Gasteiger partial charge in [0.25, 0.3) is 0 Å². The smallest absolute Gasteiger partial charge is 0.0775 e. The zero-order valence-corrected chi connectivity index (χ0v) is 42.8. The first-order chi connectivity index (χ1) is 34.0. The van der Waals surface area contributed by atoms with Gasteiger partial charge >= 0.3 is 0 Å². The lowest BCUT2D eigenvalue weighted by atomic mass is 9.84. The summed E-state index contributed by atoms with van der Waals surface area (Å²) in [6.07, 6.45) is 0. The molecule has 12 aromatic rings. The molecule has 0 radical (unpaired) electrons. The number of hydrogen-bond donors (Lipinski definition) is 0. The number of fused-ring (bicyclic) bond motifs is 2. The van der Waals surface area contributed by atoms with Gasteiger partial charge in [-0.15, -0.1) is 0 Å². The van der Waals surface area contributed by atoms with Crippen molar-refractivity contribution in [2.45, 2.75) is 39.3 Å². The van der Waals surface area contributed by atoms with Gasteiger partial charge in [0.05, 0.1) is 27.5 Å². The van der Waals surface area contributed by atoms with Crippen LogP contribution in [-0.2, 0) is 0 Å². The molecular formula is C66H56N2Si2. The van der Waals surface area contributed by atoms with E-state index in [2.05, 4.69) is 280 Å². The van der Waals surface area contributed by atoms with Crippen LogP contribution >= 0.6 is 0 Å². The quantitative estimate of drug-likeness (QED) is 0.0996. The van der Waals surface area contributed by atoms with Crippen LogP contribution in [0, 0.1) is 0 Å². The molecular weight excluding hydrogens is 877 g/mol. The third kappa shape index (κ3) is 7.47. The molecule has 0 bridgehead atoms. The molecule has 0 saturated heterocycles. The molecule has 338 valence electrons. The summed E-state index contributed by atoms with van der Waals surface area (Å²) in [6.45, 7) is 14.6. The van der Waals surface area contributed by atoms with Crippen molar-refractivity contribution in [1.82, 2.24) is 0 Å². The number of nitrogens with zero attached hydrogens (tertiary/aromatic N) is 2. The van der Waals surface area contributed by atoms with Crippen LogP contribution in [0.5, 0.6) is 0 Å². The average Bonchev–Trinajstić information content (AvgIpc) is 3.38. The highest BCUT2D eigenvalue weighted by atomic mass is 28.3. The standard InChI is InChI=1S/C66H56N2Si2/c1-69(2,3)51-35-31-49(32-36-51)67(47-23-9-7-10-24-47)63-43-61(55-29-17-21-45-19-13-15-27-53(45)55)57-40-42-60-64(68(48-25-11-8-12-26-48)50-33-37-52(38-34-50)70(4,5)6)44-62(58-39-41-59(63)65(57)66(58)60)56-30-18-22-46-20-14-16-28-54(46)56/h7-44H,1-6H3. The van der Waals surface area contributed by atoms with Gasteiger partial charge in [-0.3, -0.25) is 0 Å². The molecule has 12 aromatic carbocycles. The van der Waals surface area contributed by atoms with Crippen molar-refractivity contribution in [3.63, 3.8) is 0 Å². The zero-order chi connectivity index (χ0) is 47.7. The fourth-order valence-corrected chi connectivity index (χ4v) is 13.3. The van der Waals surface area contributed by atoms with Crippen molar-refractivity contribution in [1.29, 1.82) is 0 Å². The molecule has 0 amide bonds. The lowest BCUT2D eigenvalue weighted by molar-refractivity contribution is 1.30. The lowest BCUT2D eigenvalue weighted by Crippen LogP contribution is -2.37. The molecule has 4 heteroatoms. The third-order valence-electron chi connectivity index (χ3n) is 14.5. The van der Waals surface area contributed by atoms with E-state index in [4.69, 9.17) is 0 Å². The molecule has 0 atom stereocenters. The van der Waals surface area contributed by atoms with Gasteiger partial charge in [0.1, 0.15) is 0 Å². The average molecular weight is 933 g/mol. The molecule has 0 aliphatic rings. The Morgan fingerprint density at radius 1 is 0.257 bits per heavy atom. The van der Waals surface area contributed by atoms with Crippen molar-refractivity contribution in [2.24, 2.45) is 0 Å². The summed E-state index contributed by atoms with van der Waals surface area (Å²) < 4.78 is 0. The first kappa shape index (κ1) is 43.5. The number of rotatable bonds is 10. The summed E-state index contributed by atoms with van der Waals surface area (Å²) in [6, 6.07) is 86.7. The molecule has 12 rings (SSSR count). The van der Waals surface area contributed by atoms with Crippen LogP contribution in [0.2, 0.25) is 39.3 Å². The van der Waals surface area contributed by atoms with Crippen LogP contribution < -0.4 is 20.2 Å². The summed E-state index contributed by atoms with van der Waals surface area (Å²) in [5.41, 5.74) is 11.7. The maximum absolute atomic E-state index is 2.50. The van der Waals surface area contributed by atoms with E-state index < -0.39 is 16.1 Å². The van der Waals surface area contributed by atoms with Crippen LogP contribution in [0.15, 0.2) is 231 Å². The maximum atomic E-state index is 2.50. The second-order valence-electron chi connectivity index (χ2n) is 20.9. The lowest BCUT2D eigenvalue weighted by Gasteiger charge is -2.31. The molecule has 0 aromatic heterocycles. The molecule has 0 N–H and O–H groups in total. The van der Waals surface area contributed by atoms with Crippen LogP contribution in [0.4, 0.5) is 34.1 Å². The van der Waals surface area contributed by atoms with Gasteiger partial charge in [-0.05, 0) is 115 Å². The largest absolute Gasteiger partial charge is 0.310 e. The van der Waals surface area contributed by atoms with E-state index in [1.54, 1.807) is 0 Å². The summed E-state index contributed by atoms with van der Waals surface area (Å²) in [4.78, 5) is 4.99. The SMILES string of the molecule is C[Si](C)(C)c1ccc(N(c2ccccc2)c2cc(-c3cccc4ccccc34)c3ccc4c(N(c5ccccc5)c5ccc([Si](C)(C)C)cc5)cc(-c5cccc6ccccc56)c5ccc2c3c54)cc1. The third-order valence-corrected chi connectivity index (χ3v) is 18.6. The maximum Gasteiger partial charge on any atom is 0.0775 e. The first-order valence-corrected chi connectivity index (χ1v) is 31.7. The minimum absolute atomic E-state index is 1.12. The van der Waals surface area contributed by atoms with E-state index in [9.17, 15) is 0 Å². The highest BCUT2D eigenvalue weighted by Gasteiger charge is 2.27. The molecule has 0 aliphatic carbocycles. The first-order valence-electron chi connectivity index (χ1n) is 24.7. The van der Waals surface area contributed by atoms with E-state index in [1.807, 2.05) is 0 Å². The van der Waals surface area contributed by atoms with Crippen molar-refractivity contribution in [2.75, 3.05) is 9.80 Å². The summed E-state index contributed by atoms with van der Waals surface area (Å²) in [7, 11) is -3.13. The Hall–Kier alpha value is -7.77. The number of hydrogen-bond acceptors (Lipinski definition) is 2. The van der Waals surface area contributed by atoms with Gasteiger partial charge in [-0.1, -0.05) is 220 Å². The number of benzene rings is 12. The minimum Gasteiger partial charge on any atom is -0.310 e. The molecule has 0 saturated carbocycles. The van der Waals surface area contributed by atoms with Gasteiger partial charge in [0.2, 0.25) is 0 Å². The predicted octanol–water partition coefficient (Wildman–Crippen LogP) is 18.3. The van der Waals surface area contributed by atoms with Gasteiger partial charge in [-0.2, -0.15) is 0 Å². The predicted molar refractivity (Wildman–Crippen MR) is 311 cm³/mol. The fourth-order valence-electron chi connectivity index (χ4n) is 10.9. The molecule has 2 nitrogen and oxygen atoms in total. The van der Waals surface area contributed by atoms with Gasteiger partial charge in [0, 0.05) is 44.3 Å². The summed E-state index contributed by atoms with van der Waals surface area (Å²) >= 11 is 0. The second-order valence-corrected chi connectivity index (χ2v) is 31.1. The molecule has 0 fully saturated rings. The van der Waals surface area contributed by atoms with Gasteiger partial charge in [0.15, 0.2) is 0 Å². The summed E-state index contributed by atoms with van der Waals surface area (Å²) in [5, 5.41) is 15.3. The van der Waals surface area contributed by atoms with Crippen LogP contribution in [0.1, 0.15) is 0 Å². The topological polar surface area (TPSA) is 6.48 Å².